The molecule has 1 amide bonds. The van der Waals surface area contributed by atoms with Crippen molar-refractivity contribution < 1.29 is 13.9 Å². The zero-order valence-electron chi connectivity index (χ0n) is 13.5. The van der Waals surface area contributed by atoms with Crippen molar-refractivity contribution in [2.24, 2.45) is 5.92 Å². The van der Waals surface area contributed by atoms with Gasteiger partial charge in [0.25, 0.3) is 5.91 Å². The quantitative estimate of drug-likeness (QED) is 0.921. The molecule has 1 fully saturated rings. The molecule has 0 spiro atoms. The molecule has 0 radical (unpaired) electrons. The Kier molecular flexibility index (Phi) is 4.99. The molecule has 3 rings (SSSR count). The molecule has 1 aliphatic rings. The third-order valence-corrected chi connectivity index (χ3v) is 5.09. The Morgan fingerprint density at radius 3 is 2.88 bits per heavy atom. The average Bonchev–Trinajstić information content (AvgIpc) is 2.92. The second-order valence-electron chi connectivity index (χ2n) is 5.99. The van der Waals surface area contributed by atoms with Gasteiger partial charge in [-0.15, -0.1) is 0 Å². The number of anilines is 1. The molecule has 2 heterocycles. The Labute approximate surface area is 144 Å². The van der Waals surface area contributed by atoms with Crippen LogP contribution in [-0.4, -0.2) is 35.5 Å². The van der Waals surface area contributed by atoms with Crippen LogP contribution in [0, 0.1) is 18.7 Å². The van der Waals surface area contributed by atoms with Crippen LogP contribution in [0.1, 0.15) is 28.2 Å². The fourth-order valence-electron chi connectivity index (χ4n) is 2.89. The van der Waals surface area contributed by atoms with Crippen LogP contribution < -0.4 is 10.5 Å². The third kappa shape index (κ3) is 3.84. The molecule has 1 atom stereocenters. The number of amides is 1. The number of nitrogen functional groups attached to an aromatic ring is 1. The SMILES string of the molecule is Cc1nc(N)sc1C(=O)N1CCC[C@@H](COc2ccc(F)cc2)C1. The van der Waals surface area contributed by atoms with Crippen molar-refractivity contribution in [3.05, 3.63) is 40.7 Å². The van der Waals surface area contributed by atoms with E-state index in [1.807, 2.05) is 4.90 Å². The topological polar surface area (TPSA) is 68.5 Å². The number of halogens is 1. The molecule has 128 valence electrons. The van der Waals surface area contributed by atoms with E-state index in [1.165, 1.54) is 23.5 Å². The zero-order valence-corrected chi connectivity index (χ0v) is 14.3. The van der Waals surface area contributed by atoms with Gasteiger partial charge >= 0.3 is 0 Å². The van der Waals surface area contributed by atoms with Gasteiger partial charge in [0, 0.05) is 19.0 Å². The molecule has 2 aromatic rings. The Bertz CT molecular complexity index is 717. The minimum atomic E-state index is -0.281. The molecule has 1 aliphatic heterocycles. The van der Waals surface area contributed by atoms with Gasteiger partial charge in [-0.05, 0) is 44.0 Å². The fraction of sp³-hybridized carbons (Fsp3) is 0.412. The van der Waals surface area contributed by atoms with Crippen LogP contribution in [0.2, 0.25) is 0 Å². The van der Waals surface area contributed by atoms with Gasteiger partial charge in [-0.2, -0.15) is 0 Å². The fourth-order valence-corrected chi connectivity index (χ4v) is 3.69. The number of piperidine rings is 1. The van der Waals surface area contributed by atoms with Crippen LogP contribution in [0.4, 0.5) is 9.52 Å². The molecule has 7 heteroatoms. The second kappa shape index (κ2) is 7.17. The largest absolute Gasteiger partial charge is 0.493 e. The highest BCUT2D eigenvalue weighted by Gasteiger charge is 2.27. The van der Waals surface area contributed by atoms with Gasteiger partial charge in [0.15, 0.2) is 5.13 Å². The van der Waals surface area contributed by atoms with Gasteiger partial charge in [0.05, 0.1) is 12.3 Å². The molecule has 5 nitrogen and oxygen atoms in total. The number of carbonyl (C=O) groups is 1. The van der Waals surface area contributed by atoms with E-state index >= 15 is 0 Å². The van der Waals surface area contributed by atoms with Crippen molar-refractivity contribution >= 4 is 22.4 Å². The zero-order chi connectivity index (χ0) is 17.1. The number of ether oxygens (including phenoxy) is 1. The van der Waals surface area contributed by atoms with E-state index in [0.717, 1.165) is 19.4 Å². The molecule has 0 saturated carbocycles. The summed E-state index contributed by atoms with van der Waals surface area (Å²) in [6.07, 6.45) is 1.95. The summed E-state index contributed by atoms with van der Waals surface area (Å²) in [5.41, 5.74) is 6.37. The number of nitrogens with two attached hydrogens (primary N) is 1. The summed E-state index contributed by atoms with van der Waals surface area (Å²) in [7, 11) is 0. The molecule has 24 heavy (non-hydrogen) atoms. The second-order valence-corrected chi connectivity index (χ2v) is 7.02. The van der Waals surface area contributed by atoms with Crippen LogP contribution in [-0.2, 0) is 0 Å². The number of aromatic nitrogens is 1. The number of nitrogens with zero attached hydrogens (tertiary/aromatic N) is 2. The molecule has 0 bridgehead atoms. The first-order valence-corrected chi connectivity index (χ1v) is 8.75. The van der Waals surface area contributed by atoms with Crippen LogP contribution in [0.25, 0.3) is 0 Å². The number of hydrogen-bond donors (Lipinski definition) is 1. The highest BCUT2D eigenvalue weighted by atomic mass is 32.1. The van der Waals surface area contributed by atoms with Crippen LogP contribution in [0.3, 0.4) is 0 Å². The molecule has 0 aliphatic carbocycles. The van der Waals surface area contributed by atoms with E-state index in [0.29, 0.717) is 34.6 Å². The first-order chi connectivity index (χ1) is 11.5. The Morgan fingerprint density at radius 2 is 2.21 bits per heavy atom. The maximum atomic E-state index is 12.9. The van der Waals surface area contributed by atoms with Gasteiger partial charge in [-0.1, -0.05) is 11.3 Å². The van der Waals surface area contributed by atoms with Crippen molar-refractivity contribution in [3.63, 3.8) is 0 Å². The summed E-state index contributed by atoms with van der Waals surface area (Å²) in [4.78, 5) is 19.2. The maximum absolute atomic E-state index is 12.9. The predicted octanol–water partition coefficient (Wildman–Crippen LogP) is 3.10. The molecule has 1 aromatic heterocycles. The smallest absolute Gasteiger partial charge is 0.265 e. The number of hydrogen-bond acceptors (Lipinski definition) is 5. The van der Waals surface area contributed by atoms with Crippen LogP contribution in [0.5, 0.6) is 5.75 Å². The van der Waals surface area contributed by atoms with Crippen molar-refractivity contribution in [1.82, 2.24) is 9.88 Å². The molecular formula is C17H20FN3O2S. The minimum Gasteiger partial charge on any atom is -0.493 e. The van der Waals surface area contributed by atoms with Crippen molar-refractivity contribution in [2.75, 3.05) is 25.4 Å². The molecule has 1 saturated heterocycles. The van der Waals surface area contributed by atoms with E-state index in [4.69, 9.17) is 10.5 Å². The highest BCUT2D eigenvalue weighted by Crippen LogP contribution is 2.25. The van der Waals surface area contributed by atoms with E-state index in [2.05, 4.69) is 4.98 Å². The van der Waals surface area contributed by atoms with Gasteiger partial charge in [-0.25, -0.2) is 9.37 Å². The number of thiazole rings is 1. The van der Waals surface area contributed by atoms with Gasteiger partial charge in [0.2, 0.25) is 0 Å². The average molecular weight is 349 g/mol. The maximum Gasteiger partial charge on any atom is 0.265 e. The molecule has 1 aromatic carbocycles. The normalized spacial score (nSPS) is 17.8. The first-order valence-electron chi connectivity index (χ1n) is 7.93. The molecule has 0 unspecified atom stereocenters. The Balaban J connectivity index is 1.58. The minimum absolute atomic E-state index is 0.00631. The van der Waals surface area contributed by atoms with Gasteiger partial charge in [-0.3, -0.25) is 4.79 Å². The van der Waals surface area contributed by atoms with Gasteiger partial charge in [0.1, 0.15) is 16.4 Å². The number of likely N-dealkylation sites (tertiary alicyclic amines) is 1. The standard InChI is InChI=1S/C17H20FN3O2S/c1-11-15(24-17(19)20-11)16(22)21-8-2-3-12(9-21)10-23-14-6-4-13(18)5-7-14/h4-7,12H,2-3,8-10H2,1H3,(H2,19,20)/t12-/m1/s1. The summed E-state index contributed by atoms with van der Waals surface area (Å²) < 4.78 is 18.6. The Morgan fingerprint density at radius 1 is 1.46 bits per heavy atom. The van der Waals surface area contributed by atoms with Crippen molar-refractivity contribution in [1.29, 1.82) is 0 Å². The van der Waals surface area contributed by atoms with Gasteiger partial charge < -0.3 is 15.4 Å². The summed E-state index contributed by atoms with van der Waals surface area (Å²) in [5.74, 6) is 0.619. The lowest BCUT2D eigenvalue weighted by atomic mass is 9.98. The number of carbonyl (C=O) groups excluding carboxylic acids is 1. The van der Waals surface area contributed by atoms with Crippen LogP contribution >= 0.6 is 11.3 Å². The lowest BCUT2D eigenvalue weighted by Gasteiger charge is -2.32. The molecule has 2 N–H and O–H groups in total. The van der Waals surface area contributed by atoms with Crippen molar-refractivity contribution in [2.45, 2.75) is 19.8 Å². The summed E-state index contributed by atoms with van der Waals surface area (Å²) >= 11 is 1.24. The molecular weight excluding hydrogens is 329 g/mol. The van der Waals surface area contributed by atoms with Crippen molar-refractivity contribution in [3.8, 4) is 5.75 Å². The number of aryl methyl sites for hydroxylation is 1. The number of rotatable bonds is 4. The monoisotopic (exact) mass is 349 g/mol. The van der Waals surface area contributed by atoms with E-state index in [-0.39, 0.29) is 17.6 Å². The number of benzene rings is 1. The Hall–Kier alpha value is -2.15. The lowest BCUT2D eigenvalue weighted by Crippen LogP contribution is -2.41. The van der Waals surface area contributed by atoms with E-state index in [9.17, 15) is 9.18 Å². The predicted molar refractivity (Wildman–Crippen MR) is 91.8 cm³/mol. The summed E-state index contributed by atoms with van der Waals surface area (Å²) in [5, 5.41) is 0.420. The lowest BCUT2D eigenvalue weighted by molar-refractivity contribution is 0.0637. The van der Waals surface area contributed by atoms with E-state index < -0.39 is 0 Å². The summed E-state index contributed by atoms with van der Waals surface area (Å²) in [6.45, 7) is 3.71. The highest BCUT2D eigenvalue weighted by molar-refractivity contribution is 7.17. The summed E-state index contributed by atoms with van der Waals surface area (Å²) in [6, 6.07) is 5.99. The van der Waals surface area contributed by atoms with Crippen LogP contribution in [0.15, 0.2) is 24.3 Å². The van der Waals surface area contributed by atoms with E-state index in [1.54, 1.807) is 19.1 Å². The third-order valence-electron chi connectivity index (χ3n) is 4.11. The first kappa shape index (κ1) is 16.7.